The van der Waals surface area contributed by atoms with Gasteiger partial charge >= 0.3 is 0 Å². The van der Waals surface area contributed by atoms with E-state index in [0.717, 1.165) is 56.7 Å². The highest BCUT2D eigenvalue weighted by atomic mass is 32.1. The van der Waals surface area contributed by atoms with Crippen molar-refractivity contribution in [2.45, 2.75) is 69.2 Å². The van der Waals surface area contributed by atoms with Gasteiger partial charge in [0.15, 0.2) is 0 Å². The molecule has 3 heterocycles. The third kappa shape index (κ3) is 5.33. The van der Waals surface area contributed by atoms with E-state index in [1.807, 2.05) is 18.5 Å². The van der Waals surface area contributed by atoms with Gasteiger partial charge in [0, 0.05) is 37.0 Å². The summed E-state index contributed by atoms with van der Waals surface area (Å²) in [6, 6.07) is 0. The van der Waals surface area contributed by atoms with Crippen LogP contribution >= 0.6 is 11.3 Å². The summed E-state index contributed by atoms with van der Waals surface area (Å²) in [6.07, 6.45) is 6.85. The molecule has 29 heavy (non-hydrogen) atoms. The van der Waals surface area contributed by atoms with Crippen molar-refractivity contribution in [2.75, 3.05) is 19.7 Å². The maximum absolute atomic E-state index is 12.5. The standard InChI is InChI=1S/C19H29N3O3S.CH2O2/c1-18(21-17(24)14-3-2-4-14)13-19(25-12-15(18)23)5-8-22(9-6-19)11-16-20-7-10-26-16;2-1-3/h7,10,14-15,23H,2-6,8-9,11-13H2,1H3,(H,21,24);1H,(H,2,3)/t15-,18-;/m0./s1. The fourth-order valence-electron chi connectivity index (χ4n) is 4.42. The third-order valence-corrected chi connectivity index (χ3v) is 7.23. The molecule has 1 aliphatic carbocycles. The van der Waals surface area contributed by atoms with Crippen LogP contribution in [0, 0.1) is 5.92 Å². The van der Waals surface area contributed by atoms with E-state index in [-0.39, 0.29) is 23.9 Å². The molecular formula is C20H31N3O5S. The van der Waals surface area contributed by atoms with E-state index in [0.29, 0.717) is 13.0 Å². The van der Waals surface area contributed by atoms with E-state index in [4.69, 9.17) is 14.6 Å². The molecule has 1 saturated carbocycles. The van der Waals surface area contributed by atoms with Crippen LogP contribution in [0.15, 0.2) is 11.6 Å². The minimum Gasteiger partial charge on any atom is -0.483 e. The lowest BCUT2D eigenvalue weighted by atomic mass is 9.74. The monoisotopic (exact) mass is 425 g/mol. The lowest BCUT2D eigenvalue weighted by Crippen LogP contribution is -2.66. The zero-order valence-corrected chi connectivity index (χ0v) is 17.7. The van der Waals surface area contributed by atoms with Gasteiger partial charge in [0.05, 0.1) is 24.3 Å². The summed E-state index contributed by atoms with van der Waals surface area (Å²) >= 11 is 1.70. The smallest absolute Gasteiger partial charge is 0.290 e. The molecule has 2 atom stereocenters. The van der Waals surface area contributed by atoms with Crippen molar-refractivity contribution in [1.82, 2.24) is 15.2 Å². The molecule has 4 rings (SSSR count). The van der Waals surface area contributed by atoms with Crippen molar-refractivity contribution in [3.63, 3.8) is 0 Å². The van der Waals surface area contributed by atoms with Crippen molar-refractivity contribution in [1.29, 1.82) is 0 Å². The summed E-state index contributed by atoms with van der Waals surface area (Å²) in [5.74, 6) is 0.244. The number of aliphatic hydroxyl groups is 1. The van der Waals surface area contributed by atoms with Crippen molar-refractivity contribution < 1.29 is 24.5 Å². The second kappa shape index (κ2) is 9.51. The van der Waals surface area contributed by atoms with Gasteiger partial charge in [-0.3, -0.25) is 14.5 Å². The van der Waals surface area contributed by atoms with Gasteiger partial charge in [0.1, 0.15) is 11.1 Å². The molecule has 0 unspecified atom stereocenters. The summed E-state index contributed by atoms with van der Waals surface area (Å²) in [6.45, 7) is 4.85. The number of aromatic nitrogens is 1. The second-order valence-corrected chi connectivity index (χ2v) is 9.51. The Bertz CT molecular complexity index is 674. The van der Waals surface area contributed by atoms with Crippen LogP contribution < -0.4 is 5.32 Å². The maximum Gasteiger partial charge on any atom is 0.290 e. The number of aliphatic hydroxyl groups excluding tert-OH is 1. The normalized spacial score (nSPS) is 29.4. The van der Waals surface area contributed by atoms with E-state index in [1.165, 1.54) is 0 Å². The Labute approximate surface area is 175 Å². The minimum atomic E-state index is -0.648. The molecule has 1 spiro atoms. The average molecular weight is 426 g/mol. The van der Waals surface area contributed by atoms with Crippen molar-refractivity contribution in [2.24, 2.45) is 5.92 Å². The van der Waals surface area contributed by atoms with Crippen molar-refractivity contribution >= 4 is 23.7 Å². The van der Waals surface area contributed by atoms with Crippen LogP contribution in [0.1, 0.15) is 50.5 Å². The van der Waals surface area contributed by atoms with E-state index in [1.54, 1.807) is 11.3 Å². The number of nitrogens with zero attached hydrogens (tertiary/aromatic N) is 2. The lowest BCUT2D eigenvalue weighted by Gasteiger charge is -2.52. The Hall–Kier alpha value is -1.55. The second-order valence-electron chi connectivity index (χ2n) is 8.53. The zero-order valence-electron chi connectivity index (χ0n) is 16.9. The van der Waals surface area contributed by atoms with Gasteiger partial charge in [0.2, 0.25) is 5.91 Å². The molecule has 3 N–H and O–H groups in total. The van der Waals surface area contributed by atoms with Gasteiger partial charge in [-0.25, -0.2) is 4.98 Å². The van der Waals surface area contributed by atoms with Crippen LogP contribution in [0.2, 0.25) is 0 Å². The van der Waals surface area contributed by atoms with E-state index < -0.39 is 11.6 Å². The van der Waals surface area contributed by atoms with Gasteiger partial charge in [-0.1, -0.05) is 6.42 Å². The molecule has 9 heteroatoms. The first-order valence-corrected chi connectivity index (χ1v) is 11.1. The molecule has 162 valence electrons. The summed E-state index contributed by atoms with van der Waals surface area (Å²) in [5, 5.41) is 23.8. The molecule has 0 aromatic carbocycles. The Morgan fingerprint density at radius 2 is 2.14 bits per heavy atom. The van der Waals surface area contributed by atoms with Gasteiger partial charge in [-0.05, 0) is 32.6 Å². The van der Waals surface area contributed by atoms with E-state index >= 15 is 0 Å². The number of carboxylic acid groups (broad SMARTS) is 1. The number of hydrogen-bond donors (Lipinski definition) is 3. The number of piperidine rings is 1. The largest absolute Gasteiger partial charge is 0.483 e. The molecule has 0 radical (unpaired) electrons. The number of carbonyl (C=O) groups is 2. The summed E-state index contributed by atoms with van der Waals surface area (Å²) in [5.41, 5.74) is -0.831. The number of amides is 1. The molecule has 8 nitrogen and oxygen atoms in total. The van der Waals surface area contributed by atoms with Crippen LogP contribution in [0.5, 0.6) is 0 Å². The first-order chi connectivity index (χ1) is 13.9. The quantitative estimate of drug-likeness (QED) is 0.629. The topological polar surface area (TPSA) is 112 Å². The highest BCUT2D eigenvalue weighted by molar-refractivity contribution is 7.09. The molecule has 1 aromatic rings. The molecule has 1 amide bonds. The first kappa shape index (κ1) is 22.1. The zero-order chi connectivity index (χ0) is 20.9. The Kier molecular flexibility index (Phi) is 7.26. The van der Waals surface area contributed by atoms with Crippen LogP contribution in [0.25, 0.3) is 0 Å². The van der Waals surface area contributed by atoms with Gasteiger partial charge in [-0.2, -0.15) is 0 Å². The molecule has 3 aliphatic rings. The van der Waals surface area contributed by atoms with Crippen LogP contribution in [0.4, 0.5) is 0 Å². The fraction of sp³-hybridized carbons (Fsp3) is 0.750. The summed E-state index contributed by atoms with van der Waals surface area (Å²) in [7, 11) is 0. The fourth-order valence-corrected chi connectivity index (χ4v) is 5.08. The highest BCUT2D eigenvalue weighted by Crippen LogP contribution is 2.40. The van der Waals surface area contributed by atoms with Crippen LogP contribution in [0.3, 0.4) is 0 Å². The number of nitrogens with one attached hydrogen (secondary N) is 1. The highest BCUT2D eigenvalue weighted by Gasteiger charge is 2.50. The Balaban J connectivity index is 0.000000755. The minimum absolute atomic E-state index is 0.107. The molecule has 2 aliphatic heterocycles. The third-order valence-electron chi connectivity index (χ3n) is 6.47. The molecular weight excluding hydrogens is 394 g/mol. The van der Waals surface area contributed by atoms with E-state index in [9.17, 15) is 9.90 Å². The van der Waals surface area contributed by atoms with E-state index in [2.05, 4.69) is 15.2 Å². The van der Waals surface area contributed by atoms with Gasteiger partial charge in [-0.15, -0.1) is 11.3 Å². The average Bonchev–Trinajstić information content (AvgIpc) is 3.13. The number of rotatable bonds is 4. The van der Waals surface area contributed by atoms with Crippen molar-refractivity contribution in [3.05, 3.63) is 16.6 Å². The van der Waals surface area contributed by atoms with Gasteiger partial charge < -0.3 is 20.3 Å². The summed E-state index contributed by atoms with van der Waals surface area (Å²) < 4.78 is 6.14. The molecule has 0 bridgehead atoms. The Morgan fingerprint density at radius 1 is 1.45 bits per heavy atom. The molecule has 1 aromatic heterocycles. The Morgan fingerprint density at radius 3 is 2.69 bits per heavy atom. The molecule has 2 saturated heterocycles. The number of carbonyl (C=O) groups excluding carboxylic acids is 1. The van der Waals surface area contributed by atoms with Crippen molar-refractivity contribution in [3.8, 4) is 0 Å². The van der Waals surface area contributed by atoms with Gasteiger partial charge in [0.25, 0.3) is 6.47 Å². The number of ether oxygens (including phenoxy) is 1. The lowest BCUT2D eigenvalue weighted by molar-refractivity contribution is -0.182. The van der Waals surface area contributed by atoms with Crippen LogP contribution in [-0.2, 0) is 20.9 Å². The molecule has 3 fully saturated rings. The maximum atomic E-state index is 12.5. The predicted molar refractivity (Wildman–Crippen MR) is 109 cm³/mol. The summed E-state index contributed by atoms with van der Waals surface area (Å²) in [4.78, 5) is 27.6. The first-order valence-electron chi connectivity index (χ1n) is 10.2. The number of thiazole rings is 1. The SMILES string of the molecule is C[C@]1(NC(=O)C2CCC2)CC2(CCN(Cc3nccs3)CC2)OC[C@@H]1O.O=CO. The van der Waals surface area contributed by atoms with Crippen LogP contribution in [-0.4, -0.2) is 69.4 Å². The number of hydrogen-bond acceptors (Lipinski definition) is 7. The predicted octanol–water partition coefficient (Wildman–Crippen LogP) is 1.63. The number of likely N-dealkylation sites (tertiary alicyclic amines) is 1.